The molecule has 1 N–H and O–H groups in total. The van der Waals surface area contributed by atoms with Crippen molar-refractivity contribution in [3.05, 3.63) is 0 Å². The molecule has 1 aliphatic rings. The number of rotatable bonds is 2. The van der Waals surface area contributed by atoms with Gasteiger partial charge in [0.2, 0.25) is 0 Å². The van der Waals surface area contributed by atoms with Gasteiger partial charge in [-0.2, -0.15) is 0 Å². The molecule has 2 nitrogen and oxygen atoms in total. The van der Waals surface area contributed by atoms with Crippen LogP contribution in [0.4, 0.5) is 0 Å². The normalized spacial score (nSPS) is 20.5. The van der Waals surface area contributed by atoms with E-state index in [0.717, 1.165) is 25.7 Å². The first-order valence-electron chi connectivity index (χ1n) is 5.66. The van der Waals surface area contributed by atoms with Crippen LogP contribution >= 0.6 is 0 Å². The molecule has 1 rings (SSSR count). The quantitative estimate of drug-likeness (QED) is 0.721. The molecule has 0 amide bonds. The number of ether oxygens (including phenoxy) is 1. The molecule has 1 aliphatic heterocycles. The van der Waals surface area contributed by atoms with E-state index in [1.807, 2.05) is 34.7 Å². The zero-order valence-corrected chi connectivity index (χ0v) is 10.0. The molecule has 0 aromatic heterocycles. The summed E-state index contributed by atoms with van der Waals surface area (Å²) in [5.74, 6) is 0.767. The van der Waals surface area contributed by atoms with Gasteiger partial charge in [0.15, 0.2) is 0 Å². The van der Waals surface area contributed by atoms with E-state index in [0.29, 0.717) is 0 Å². The number of nitrogens with one attached hydrogen (secondary N) is 1. The minimum absolute atomic E-state index is 0.767. The summed E-state index contributed by atoms with van der Waals surface area (Å²) in [6.45, 7) is 11.0. The second-order valence-electron chi connectivity index (χ2n) is 2.64. The molecule has 0 spiro atoms. The molecule has 1 heterocycles. The van der Waals surface area contributed by atoms with Gasteiger partial charge in [-0.05, 0) is 32.4 Å². The molecule has 1 saturated heterocycles. The van der Waals surface area contributed by atoms with Gasteiger partial charge in [-0.15, -0.1) is 0 Å². The first-order chi connectivity index (χ1) is 6.43. The third kappa shape index (κ3) is 9.84. The number of hydrogen-bond acceptors (Lipinski definition) is 2. The Bertz CT molecular complexity index is 67.7. The molecule has 0 aromatic carbocycles. The summed E-state index contributed by atoms with van der Waals surface area (Å²) >= 11 is 0. The monoisotopic (exact) mass is 189 g/mol. The molecular weight excluding hydrogens is 162 g/mol. The van der Waals surface area contributed by atoms with Crippen LogP contribution in [0.5, 0.6) is 0 Å². The van der Waals surface area contributed by atoms with Gasteiger partial charge in [0.25, 0.3) is 0 Å². The van der Waals surface area contributed by atoms with Gasteiger partial charge in [-0.3, -0.25) is 0 Å². The SMILES string of the molecule is CC.CC.CNCC1CCCOC1. The molecule has 0 saturated carbocycles. The van der Waals surface area contributed by atoms with Crippen LogP contribution in [0.3, 0.4) is 0 Å². The van der Waals surface area contributed by atoms with Crippen molar-refractivity contribution in [2.75, 3.05) is 26.8 Å². The standard InChI is InChI=1S/C7H15NO.2C2H6/c1-8-5-7-3-2-4-9-6-7;2*1-2/h7-8H,2-6H2,1H3;2*1-2H3. The molecule has 1 unspecified atom stereocenters. The highest BCUT2D eigenvalue weighted by atomic mass is 16.5. The smallest absolute Gasteiger partial charge is 0.0506 e. The molecule has 0 aliphatic carbocycles. The maximum atomic E-state index is 5.29. The molecular formula is C11H27NO. The molecule has 0 bridgehead atoms. The fraction of sp³-hybridized carbons (Fsp3) is 1.00. The molecule has 1 atom stereocenters. The van der Waals surface area contributed by atoms with E-state index in [-0.39, 0.29) is 0 Å². The lowest BCUT2D eigenvalue weighted by molar-refractivity contribution is 0.0556. The van der Waals surface area contributed by atoms with Gasteiger partial charge in [-0.1, -0.05) is 27.7 Å². The predicted octanol–water partition coefficient (Wildman–Crippen LogP) is 2.68. The third-order valence-electron chi connectivity index (χ3n) is 1.75. The van der Waals surface area contributed by atoms with Crippen LogP contribution in [0.1, 0.15) is 40.5 Å². The fourth-order valence-electron chi connectivity index (χ4n) is 1.26. The minimum atomic E-state index is 0.767. The van der Waals surface area contributed by atoms with Crippen molar-refractivity contribution < 1.29 is 4.74 Å². The highest BCUT2D eigenvalue weighted by Crippen LogP contribution is 2.11. The largest absolute Gasteiger partial charge is 0.381 e. The van der Waals surface area contributed by atoms with Crippen molar-refractivity contribution in [2.45, 2.75) is 40.5 Å². The van der Waals surface area contributed by atoms with E-state index in [4.69, 9.17) is 4.74 Å². The highest BCUT2D eigenvalue weighted by molar-refractivity contribution is 4.63. The minimum Gasteiger partial charge on any atom is -0.381 e. The zero-order valence-electron chi connectivity index (χ0n) is 10.0. The molecule has 0 radical (unpaired) electrons. The highest BCUT2D eigenvalue weighted by Gasteiger charge is 2.11. The van der Waals surface area contributed by atoms with Crippen LogP contribution in [-0.2, 0) is 4.74 Å². The van der Waals surface area contributed by atoms with Gasteiger partial charge < -0.3 is 10.1 Å². The molecule has 2 heteroatoms. The van der Waals surface area contributed by atoms with Gasteiger partial charge in [0, 0.05) is 6.61 Å². The average molecular weight is 189 g/mol. The Kier molecular flexibility index (Phi) is 17.1. The first-order valence-corrected chi connectivity index (χ1v) is 5.66. The molecule has 82 valence electrons. The summed E-state index contributed by atoms with van der Waals surface area (Å²) in [4.78, 5) is 0. The summed E-state index contributed by atoms with van der Waals surface area (Å²) in [5, 5.41) is 3.16. The van der Waals surface area contributed by atoms with E-state index >= 15 is 0 Å². The Morgan fingerprint density at radius 2 is 1.85 bits per heavy atom. The second kappa shape index (κ2) is 14.4. The zero-order chi connectivity index (χ0) is 10.5. The van der Waals surface area contributed by atoms with Crippen molar-refractivity contribution >= 4 is 0 Å². The average Bonchev–Trinajstić information content (AvgIpc) is 2.26. The lowest BCUT2D eigenvalue weighted by Gasteiger charge is -2.21. The maximum absolute atomic E-state index is 5.29. The fourth-order valence-corrected chi connectivity index (χ4v) is 1.26. The van der Waals surface area contributed by atoms with E-state index in [2.05, 4.69) is 5.32 Å². The van der Waals surface area contributed by atoms with Gasteiger partial charge in [-0.25, -0.2) is 0 Å². The molecule has 13 heavy (non-hydrogen) atoms. The number of hydrogen-bond donors (Lipinski definition) is 1. The lowest BCUT2D eigenvalue weighted by Crippen LogP contribution is -2.26. The predicted molar refractivity (Wildman–Crippen MR) is 60.2 cm³/mol. The van der Waals surface area contributed by atoms with Crippen molar-refractivity contribution in [3.63, 3.8) is 0 Å². The Morgan fingerprint density at radius 3 is 2.23 bits per heavy atom. The maximum Gasteiger partial charge on any atom is 0.0506 e. The van der Waals surface area contributed by atoms with Gasteiger partial charge in [0.1, 0.15) is 0 Å². The first kappa shape index (κ1) is 15.4. The van der Waals surface area contributed by atoms with Crippen LogP contribution in [0.2, 0.25) is 0 Å². The van der Waals surface area contributed by atoms with Crippen molar-refractivity contribution in [2.24, 2.45) is 5.92 Å². The van der Waals surface area contributed by atoms with Crippen molar-refractivity contribution in [3.8, 4) is 0 Å². The van der Waals surface area contributed by atoms with Crippen molar-refractivity contribution in [1.82, 2.24) is 5.32 Å². The van der Waals surface area contributed by atoms with E-state index in [1.165, 1.54) is 12.8 Å². The lowest BCUT2D eigenvalue weighted by atomic mass is 10.0. The Morgan fingerprint density at radius 1 is 1.23 bits per heavy atom. The Hall–Kier alpha value is -0.0800. The summed E-state index contributed by atoms with van der Waals surface area (Å²) in [7, 11) is 1.99. The van der Waals surface area contributed by atoms with Crippen LogP contribution < -0.4 is 5.32 Å². The van der Waals surface area contributed by atoms with E-state index < -0.39 is 0 Å². The summed E-state index contributed by atoms with van der Waals surface area (Å²) < 4.78 is 5.29. The van der Waals surface area contributed by atoms with Crippen LogP contribution in [0.15, 0.2) is 0 Å². The molecule has 1 fully saturated rings. The van der Waals surface area contributed by atoms with Crippen molar-refractivity contribution in [1.29, 1.82) is 0 Å². The molecule has 0 aromatic rings. The van der Waals surface area contributed by atoms with E-state index in [9.17, 15) is 0 Å². The third-order valence-corrected chi connectivity index (χ3v) is 1.75. The summed E-state index contributed by atoms with van der Waals surface area (Å²) in [6.07, 6.45) is 2.58. The van der Waals surface area contributed by atoms with Crippen LogP contribution in [0.25, 0.3) is 0 Å². The summed E-state index contributed by atoms with van der Waals surface area (Å²) in [6, 6.07) is 0. The Balaban J connectivity index is 0. The summed E-state index contributed by atoms with van der Waals surface area (Å²) in [5.41, 5.74) is 0. The Labute approximate surface area is 84.1 Å². The second-order valence-corrected chi connectivity index (χ2v) is 2.64. The van der Waals surface area contributed by atoms with Gasteiger partial charge >= 0.3 is 0 Å². The van der Waals surface area contributed by atoms with Gasteiger partial charge in [0.05, 0.1) is 6.61 Å². The topological polar surface area (TPSA) is 21.3 Å². The van der Waals surface area contributed by atoms with Crippen LogP contribution in [0, 0.1) is 5.92 Å². The van der Waals surface area contributed by atoms with Crippen LogP contribution in [-0.4, -0.2) is 26.8 Å². The van der Waals surface area contributed by atoms with E-state index in [1.54, 1.807) is 0 Å².